The molecule has 12 heavy (non-hydrogen) atoms. The monoisotopic (exact) mass is 164 g/mol. The Bertz CT molecular complexity index is 334. The van der Waals surface area contributed by atoms with Gasteiger partial charge >= 0.3 is 0 Å². The zero-order valence-electron chi connectivity index (χ0n) is 6.24. The van der Waals surface area contributed by atoms with E-state index in [0.29, 0.717) is 0 Å². The van der Waals surface area contributed by atoms with E-state index in [1.807, 2.05) is 0 Å². The number of benzene rings is 1. The number of phenols is 1. The highest BCUT2D eigenvalue weighted by atomic mass is 16.3. The number of nitrogens with one attached hydrogen (secondary N) is 1. The van der Waals surface area contributed by atoms with Crippen molar-refractivity contribution in [1.82, 2.24) is 0 Å². The number of phenolic OH excluding ortho intramolecular Hbond substituents is 1. The number of rotatable bonds is 2. The second kappa shape index (κ2) is 3.04. The first kappa shape index (κ1) is 8.26. The van der Waals surface area contributed by atoms with Crippen molar-refractivity contribution in [3.63, 3.8) is 0 Å². The Balaban J connectivity index is 3.11. The molecule has 62 valence electrons. The number of nitrogens with two attached hydrogens (primary N) is 1. The molecule has 0 aliphatic rings. The Morgan fingerprint density at radius 1 is 1.42 bits per heavy atom. The van der Waals surface area contributed by atoms with Gasteiger partial charge in [-0.3, -0.25) is 10.2 Å². The number of primary amides is 1. The van der Waals surface area contributed by atoms with Crippen LogP contribution >= 0.6 is 0 Å². The Kier molecular flexibility index (Phi) is 2.09. The number of amides is 1. The van der Waals surface area contributed by atoms with E-state index in [1.165, 1.54) is 12.1 Å². The molecule has 0 aliphatic heterocycles. The summed E-state index contributed by atoms with van der Waals surface area (Å²) in [6, 6.07) is 6.08. The molecular weight excluding hydrogens is 156 g/mol. The van der Waals surface area contributed by atoms with E-state index >= 15 is 0 Å². The molecule has 1 aromatic rings. The third kappa shape index (κ3) is 1.42. The summed E-state index contributed by atoms with van der Waals surface area (Å²) in [6.07, 6.45) is 0. The molecule has 0 aliphatic carbocycles. The van der Waals surface area contributed by atoms with Crippen molar-refractivity contribution in [2.24, 2.45) is 5.73 Å². The average molecular weight is 164 g/mol. The normalized spacial score (nSPS) is 9.33. The number of aromatic hydroxyl groups is 1. The first-order chi connectivity index (χ1) is 5.63. The highest BCUT2D eigenvalue weighted by molar-refractivity contribution is 6.44. The topological polar surface area (TPSA) is 87.2 Å². The number of carbonyl (C=O) groups is 1. The second-order valence-corrected chi connectivity index (χ2v) is 2.26. The molecule has 4 N–H and O–H groups in total. The van der Waals surface area contributed by atoms with Gasteiger partial charge in [-0.15, -0.1) is 0 Å². The number of carbonyl (C=O) groups excluding carboxylic acids is 1. The number of hydrogen-bond donors (Lipinski definition) is 3. The van der Waals surface area contributed by atoms with Crippen LogP contribution in [0.3, 0.4) is 0 Å². The Morgan fingerprint density at radius 2 is 2.00 bits per heavy atom. The fourth-order valence-corrected chi connectivity index (χ4v) is 0.818. The van der Waals surface area contributed by atoms with Gasteiger partial charge in [0, 0.05) is 5.56 Å². The zero-order chi connectivity index (χ0) is 9.14. The van der Waals surface area contributed by atoms with E-state index in [-0.39, 0.29) is 17.0 Å². The van der Waals surface area contributed by atoms with E-state index in [1.54, 1.807) is 12.1 Å². The van der Waals surface area contributed by atoms with Crippen LogP contribution in [0.2, 0.25) is 0 Å². The maximum atomic E-state index is 10.5. The predicted octanol–water partition coefficient (Wildman–Crippen LogP) is 0.245. The Hall–Kier alpha value is -1.84. The van der Waals surface area contributed by atoms with Gasteiger partial charge in [-0.05, 0) is 12.1 Å². The van der Waals surface area contributed by atoms with Crippen molar-refractivity contribution < 1.29 is 9.90 Å². The van der Waals surface area contributed by atoms with Crippen LogP contribution in [0.25, 0.3) is 0 Å². The third-order valence-corrected chi connectivity index (χ3v) is 1.42. The second-order valence-electron chi connectivity index (χ2n) is 2.26. The number of hydrogen-bond acceptors (Lipinski definition) is 3. The molecule has 1 aromatic carbocycles. The van der Waals surface area contributed by atoms with Crippen LogP contribution in [0.5, 0.6) is 5.75 Å². The van der Waals surface area contributed by atoms with E-state index < -0.39 is 5.91 Å². The summed E-state index contributed by atoms with van der Waals surface area (Å²) in [5.41, 5.74) is 4.64. The van der Waals surface area contributed by atoms with E-state index in [9.17, 15) is 9.90 Å². The van der Waals surface area contributed by atoms with E-state index in [2.05, 4.69) is 0 Å². The maximum Gasteiger partial charge on any atom is 0.267 e. The molecule has 0 saturated carbocycles. The summed E-state index contributed by atoms with van der Waals surface area (Å²) in [5.74, 6) is -0.960. The van der Waals surface area contributed by atoms with Crippen molar-refractivity contribution >= 4 is 11.6 Å². The van der Waals surface area contributed by atoms with Gasteiger partial charge in [0.2, 0.25) is 0 Å². The van der Waals surface area contributed by atoms with Crippen LogP contribution in [0, 0.1) is 5.41 Å². The van der Waals surface area contributed by atoms with Gasteiger partial charge in [-0.2, -0.15) is 0 Å². The summed E-state index contributed by atoms with van der Waals surface area (Å²) in [7, 11) is 0. The molecule has 0 spiro atoms. The lowest BCUT2D eigenvalue weighted by molar-refractivity contribution is -0.112. The number of para-hydroxylation sites is 1. The molecule has 0 radical (unpaired) electrons. The van der Waals surface area contributed by atoms with Crippen LogP contribution in [-0.2, 0) is 4.79 Å². The van der Waals surface area contributed by atoms with Gasteiger partial charge in [0.25, 0.3) is 5.91 Å². The zero-order valence-corrected chi connectivity index (χ0v) is 6.24. The quantitative estimate of drug-likeness (QED) is 0.547. The van der Waals surface area contributed by atoms with Gasteiger partial charge in [0.05, 0.1) is 0 Å². The average Bonchev–Trinajstić information content (AvgIpc) is 2.04. The lowest BCUT2D eigenvalue weighted by Gasteiger charge is -2.01. The summed E-state index contributed by atoms with van der Waals surface area (Å²) in [6.45, 7) is 0. The first-order valence-corrected chi connectivity index (χ1v) is 3.29. The van der Waals surface area contributed by atoms with Gasteiger partial charge in [0.15, 0.2) is 0 Å². The van der Waals surface area contributed by atoms with Crippen LogP contribution in [0.4, 0.5) is 0 Å². The molecule has 1 amide bonds. The van der Waals surface area contributed by atoms with Gasteiger partial charge in [-0.25, -0.2) is 0 Å². The van der Waals surface area contributed by atoms with Crippen LogP contribution in [0.15, 0.2) is 24.3 Å². The van der Waals surface area contributed by atoms with Crippen LogP contribution in [-0.4, -0.2) is 16.7 Å². The molecule has 1 rings (SSSR count). The van der Waals surface area contributed by atoms with Crippen molar-refractivity contribution in [2.45, 2.75) is 0 Å². The van der Waals surface area contributed by atoms with Crippen molar-refractivity contribution in [2.75, 3.05) is 0 Å². The summed E-state index contributed by atoms with van der Waals surface area (Å²) in [4.78, 5) is 10.5. The standard InChI is InChI=1S/C8H8N2O2/c9-7(8(10)12)5-3-1-2-4-6(5)11/h1-4,9,11H,(H2,10,12). The molecule has 0 bridgehead atoms. The molecule has 4 nitrogen and oxygen atoms in total. The fraction of sp³-hybridized carbons (Fsp3) is 0. The molecule has 4 heteroatoms. The van der Waals surface area contributed by atoms with E-state index in [0.717, 1.165) is 0 Å². The minimum absolute atomic E-state index is 0.110. The van der Waals surface area contributed by atoms with Crippen molar-refractivity contribution in [1.29, 1.82) is 5.41 Å². The molecule has 0 fully saturated rings. The molecule has 0 atom stereocenters. The van der Waals surface area contributed by atoms with Crippen molar-refractivity contribution in [3.8, 4) is 5.75 Å². The summed E-state index contributed by atoms with van der Waals surface area (Å²) in [5, 5.41) is 16.4. The lowest BCUT2D eigenvalue weighted by atomic mass is 10.1. The smallest absolute Gasteiger partial charge is 0.267 e. The maximum absolute atomic E-state index is 10.5. The highest BCUT2D eigenvalue weighted by Crippen LogP contribution is 2.15. The molecular formula is C8H8N2O2. The Morgan fingerprint density at radius 3 is 2.50 bits per heavy atom. The fourth-order valence-electron chi connectivity index (χ4n) is 0.818. The Labute approximate surface area is 69.1 Å². The van der Waals surface area contributed by atoms with Crippen LogP contribution < -0.4 is 5.73 Å². The SMILES string of the molecule is N=C(C(N)=O)c1ccccc1O. The minimum Gasteiger partial charge on any atom is -0.507 e. The largest absolute Gasteiger partial charge is 0.507 e. The lowest BCUT2D eigenvalue weighted by Crippen LogP contribution is -2.23. The third-order valence-electron chi connectivity index (χ3n) is 1.42. The first-order valence-electron chi connectivity index (χ1n) is 3.29. The summed E-state index contributed by atoms with van der Waals surface area (Å²) < 4.78 is 0. The van der Waals surface area contributed by atoms with Crippen molar-refractivity contribution in [3.05, 3.63) is 29.8 Å². The predicted molar refractivity (Wildman–Crippen MR) is 44.1 cm³/mol. The minimum atomic E-state index is -0.850. The summed E-state index contributed by atoms with van der Waals surface area (Å²) >= 11 is 0. The molecule has 0 heterocycles. The van der Waals surface area contributed by atoms with Gasteiger partial charge in [0.1, 0.15) is 11.5 Å². The highest BCUT2D eigenvalue weighted by Gasteiger charge is 2.10. The van der Waals surface area contributed by atoms with Gasteiger partial charge in [-0.1, -0.05) is 12.1 Å². The van der Waals surface area contributed by atoms with Crippen LogP contribution in [0.1, 0.15) is 5.56 Å². The molecule has 0 saturated heterocycles. The molecule has 0 aromatic heterocycles. The van der Waals surface area contributed by atoms with Gasteiger partial charge < -0.3 is 10.8 Å². The van der Waals surface area contributed by atoms with E-state index in [4.69, 9.17) is 11.1 Å². The molecule has 0 unspecified atom stereocenters.